The summed E-state index contributed by atoms with van der Waals surface area (Å²) >= 11 is 5.59. The lowest BCUT2D eigenvalue weighted by Crippen LogP contribution is -2.49. The van der Waals surface area contributed by atoms with Gasteiger partial charge in [-0.2, -0.15) is 0 Å². The second-order valence-corrected chi connectivity index (χ2v) is 11.7. The summed E-state index contributed by atoms with van der Waals surface area (Å²) in [5.41, 5.74) is 3.39. The Morgan fingerprint density at radius 1 is 1.00 bits per heavy atom. The average molecular weight is 525 g/mol. The molecule has 1 aromatic heterocycles. The van der Waals surface area contributed by atoms with Crippen LogP contribution in [0.3, 0.4) is 0 Å². The number of anilines is 1. The maximum absolute atomic E-state index is 13.4. The Labute approximate surface area is 213 Å². The van der Waals surface area contributed by atoms with Crippen molar-refractivity contribution in [3.05, 3.63) is 67.9 Å². The number of amides is 3. The van der Waals surface area contributed by atoms with Crippen molar-refractivity contribution in [3.63, 3.8) is 0 Å². The first-order valence-corrected chi connectivity index (χ1v) is 13.4. The van der Waals surface area contributed by atoms with Gasteiger partial charge in [0.2, 0.25) is 0 Å². The molecule has 3 heterocycles. The molecule has 2 aliphatic rings. The fourth-order valence-electron chi connectivity index (χ4n) is 4.55. The number of ether oxygens (including phenoxy) is 1. The van der Waals surface area contributed by atoms with Crippen molar-refractivity contribution in [2.24, 2.45) is 0 Å². The van der Waals surface area contributed by atoms with Crippen LogP contribution < -0.4 is 4.90 Å². The number of carbonyl (C=O) groups excluding carboxylic acids is 4. The SMILES string of the molecule is Cc1ccc2c(c1)-c1c(ssc1=S)C(C)(C)N2C(=O)COC(=O)CN1C(=O)c2ccccc2C1=O. The molecule has 178 valence electrons. The maximum Gasteiger partial charge on any atom is 0.326 e. The van der Waals surface area contributed by atoms with Gasteiger partial charge in [0.25, 0.3) is 17.7 Å². The van der Waals surface area contributed by atoms with Gasteiger partial charge in [-0.3, -0.25) is 29.0 Å². The predicted octanol–water partition coefficient (Wildman–Crippen LogP) is 4.94. The third-order valence-electron chi connectivity index (χ3n) is 6.18. The van der Waals surface area contributed by atoms with Crippen molar-refractivity contribution in [1.29, 1.82) is 0 Å². The highest BCUT2D eigenvalue weighted by atomic mass is 32.9. The van der Waals surface area contributed by atoms with E-state index in [1.165, 1.54) is 22.5 Å². The molecule has 0 bridgehead atoms. The van der Waals surface area contributed by atoms with E-state index < -0.39 is 42.4 Å². The van der Waals surface area contributed by atoms with Gasteiger partial charge in [-0.25, -0.2) is 0 Å². The van der Waals surface area contributed by atoms with Gasteiger partial charge in [0.1, 0.15) is 10.4 Å². The molecule has 0 aliphatic carbocycles. The Morgan fingerprint density at radius 2 is 1.66 bits per heavy atom. The molecule has 5 rings (SSSR count). The molecule has 3 amide bonds. The van der Waals surface area contributed by atoms with Crippen molar-refractivity contribution in [1.82, 2.24) is 4.90 Å². The number of nitrogens with zero attached hydrogens (tertiary/aromatic N) is 2. The fourth-order valence-corrected chi connectivity index (χ4v) is 7.84. The van der Waals surface area contributed by atoms with E-state index in [1.54, 1.807) is 27.4 Å². The minimum absolute atomic E-state index is 0.247. The lowest BCUT2D eigenvalue weighted by Gasteiger charge is -2.42. The van der Waals surface area contributed by atoms with Crippen molar-refractivity contribution in [2.45, 2.75) is 26.3 Å². The van der Waals surface area contributed by atoms with Crippen LogP contribution in [-0.2, 0) is 19.9 Å². The van der Waals surface area contributed by atoms with E-state index in [-0.39, 0.29) is 11.1 Å². The Balaban J connectivity index is 1.35. The van der Waals surface area contributed by atoms with Gasteiger partial charge < -0.3 is 4.74 Å². The number of aryl methyl sites for hydroxylation is 1. The molecule has 35 heavy (non-hydrogen) atoms. The van der Waals surface area contributed by atoms with E-state index in [1.807, 2.05) is 39.0 Å². The van der Waals surface area contributed by atoms with Crippen LogP contribution in [0.15, 0.2) is 42.5 Å². The number of benzene rings is 2. The van der Waals surface area contributed by atoms with Gasteiger partial charge in [-0.05, 0) is 45.0 Å². The number of hydrogen-bond acceptors (Lipinski definition) is 8. The molecule has 0 atom stereocenters. The minimum Gasteiger partial charge on any atom is -0.454 e. The second kappa shape index (κ2) is 8.47. The van der Waals surface area contributed by atoms with Crippen LogP contribution in [0.1, 0.15) is 45.0 Å². The van der Waals surface area contributed by atoms with E-state index in [9.17, 15) is 19.2 Å². The zero-order valence-corrected chi connectivity index (χ0v) is 21.6. The number of fused-ring (bicyclic) bond motifs is 4. The van der Waals surface area contributed by atoms with Crippen LogP contribution in [0.25, 0.3) is 11.1 Å². The lowest BCUT2D eigenvalue weighted by atomic mass is 9.87. The molecule has 0 saturated heterocycles. The summed E-state index contributed by atoms with van der Waals surface area (Å²) in [6, 6.07) is 12.2. The van der Waals surface area contributed by atoms with Crippen LogP contribution in [0.2, 0.25) is 0 Å². The molecule has 10 heteroatoms. The third kappa shape index (κ3) is 3.72. The molecule has 0 unspecified atom stereocenters. The standard InChI is InChI=1S/C25H20N2O5S3/c1-13-8-9-17-16(10-13)20-21(34-35-24(20)33)25(2,3)27(17)18(28)12-32-19(29)11-26-22(30)14-6-4-5-7-15(14)23(26)31/h4-10H,11-12H2,1-3H3. The first kappa shape index (κ1) is 23.5. The highest BCUT2D eigenvalue weighted by molar-refractivity contribution is 7.80. The van der Waals surface area contributed by atoms with Crippen LogP contribution in [0, 0.1) is 10.7 Å². The molecule has 0 radical (unpaired) electrons. The van der Waals surface area contributed by atoms with Crippen LogP contribution in [-0.4, -0.2) is 41.7 Å². The molecule has 2 aromatic carbocycles. The van der Waals surface area contributed by atoms with E-state index in [2.05, 4.69) is 0 Å². The smallest absolute Gasteiger partial charge is 0.326 e. The summed E-state index contributed by atoms with van der Waals surface area (Å²) in [5, 5.41) is 0. The molecule has 0 spiro atoms. The van der Waals surface area contributed by atoms with E-state index in [4.69, 9.17) is 17.0 Å². The Kier molecular flexibility index (Phi) is 5.70. The quantitative estimate of drug-likeness (QED) is 0.208. The summed E-state index contributed by atoms with van der Waals surface area (Å²) in [6.07, 6.45) is 0. The summed E-state index contributed by atoms with van der Waals surface area (Å²) in [4.78, 5) is 54.4. The number of rotatable bonds is 4. The van der Waals surface area contributed by atoms with Gasteiger partial charge >= 0.3 is 5.97 Å². The maximum atomic E-state index is 13.4. The summed E-state index contributed by atoms with van der Waals surface area (Å²) in [5.74, 6) is -2.35. The molecule has 7 nitrogen and oxygen atoms in total. The van der Waals surface area contributed by atoms with Gasteiger partial charge in [0.05, 0.1) is 27.2 Å². The van der Waals surface area contributed by atoms with Crippen molar-refractivity contribution in [3.8, 4) is 11.1 Å². The van der Waals surface area contributed by atoms with Gasteiger partial charge in [-0.15, -0.1) is 0 Å². The highest BCUT2D eigenvalue weighted by Crippen LogP contribution is 2.52. The van der Waals surface area contributed by atoms with Crippen molar-refractivity contribution in [2.75, 3.05) is 18.1 Å². The number of imide groups is 1. The summed E-state index contributed by atoms with van der Waals surface area (Å²) < 4.78 is 6.03. The molecule has 0 fully saturated rings. The Morgan fingerprint density at radius 3 is 2.31 bits per heavy atom. The van der Waals surface area contributed by atoms with Gasteiger partial charge in [0.15, 0.2) is 6.61 Å². The molecular formula is C25H20N2O5S3. The van der Waals surface area contributed by atoms with Gasteiger partial charge in [-0.1, -0.05) is 56.7 Å². The van der Waals surface area contributed by atoms with Gasteiger partial charge in [0, 0.05) is 11.1 Å². The Bertz CT molecular complexity index is 1450. The minimum atomic E-state index is -0.835. The van der Waals surface area contributed by atoms with Crippen molar-refractivity contribution >= 4 is 62.3 Å². The second-order valence-electron chi connectivity index (χ2n) is 8.87. The Hall–Kier alpha value is -3.21. The molecule has 0 saturated carbocycles. The predicted molar refractivity (Wildman–Crippen MR) is 136 cm³/mol. The number of carbonyl (C=O) groups is 4. The zero-order valence-electron chi connectivity index (χ0n) is 19.1. The first-order chi connectivity index (χ1) is 16.6. The van der Waals surface area contributed by atoms with Crippen LogP contribution in [0.4, 0.5) is 5.69 Å². The molecule has 3 aromatic rings. The van der Waals surface area contributed by atoms with Crippen LogP contribution >= 0.6 is 32.9 Å². The summed E-state index contributed by atoms with van der Waals surface area (Å²) in [7, 11) is 3.04. The summed E-state index contributed by atoms with van der Waals surface area (Å²) in [6.45, 7) is 4.76. The monoisotopic (exact) mass is 524 g/mol. The first-order valence-electron chi connectivity index (χ1n) is 10.8. The third-order valence-corrected chi connectivity index (χ3v) is 9.51. The fraction of sp³-hybridized carbons (Fsp3) is 0.240. The van der Waals surface area contributed by atoms with E-state index >= 15 is 0 Å². The van der Waals surface area contributed by atoms with Crippen LogP contribution in [0.5, 0.6) is 0 Å². The molecular weight excluding hydrogens is 504 g/mol. The van der Waals surface area contributed by atoms with E-state index in [0.29, 0.717) is 5.69 Å². The van der Waals surface area contributed by atoms with Crippen molar-refractivity contribution < 1.29 is 23.9 Å². The molecule has 2 aliphatic heterocycles. The normalized spacial score (nSPS) is 15.5. The molecule has 0 N–H and O–H groups in total. The number of esters is 1. The zero-order chi connectivity index (χ0) is 25.1. The van der Waals surface area contributed by atoms with E-state index in [0.717, 1.165) is 30.3 Å². The number of hydrogen-bond donors (Lipinski definition) is 0. The average Bonchev–Trinajstić information content (AvgIpc) is 3.33. The highest BCUT2D eigenvalue weighted by Gasteiger charge is 2.43. The topological polar surface area (TPSA) is 84.0 Å². The lowest BCUT2D eigenvalue weighted by molar-refractivity contribution is -0.148. The largest absolute Gasteiger partial charge is 0.454 e.